The summed E-state index contributed by atoms with van der Waals surface area (Å²) in [7, 11) is -7.90. The molecule has 1 saturated heterocycles. The summed E-state index contributed by atoms with van der Waals surface area (Å²) in [6.07, 6.45) is 0. The number of benzene rings is 2. The summed E-state index contributed by atoms with van der Waals surface area (Å²) in [5.41, 5.74) is 5.61. The van der Waals surface area contributed by atoms with Crippen LogP contribution in [0, 0.1) is 12.8 Å². The van der Waals surface area contributed by atoms with Crippen LogP contribution < -0.4 is 14.8 Å². The largest absolute Gasteiger partial charge is 0.366 e. The Morgan fingerprint density at radius 2 is 1.86 bits per heavy atom. The first-order valence-electron chi connectivity index (χ1n) is 8.53. The normalized spacial score (nSPS) is 18.6. The third-order valence-corrected chi connectivity index (χ3v) is 7.87. The van der Waals surface area contributed by atoms with E-state index in [4.69, 9.17) is 5.73 Å². The van der Waals surface area contributed by atoms with Crippen LogP contribution in [0.15, 0.2) is 47.4 Å². The third kappa shape index (κ3) is 3.83. The number of anilines is 2. The van der Waals surface area contributed by atoms with Gasteiger partial charge in [-0.3, -0.25) is 14.3 Å². The Kier molecular flexibility index (Phi) is 5.13. The van der Waals surface area contributed by atoms with Crippen LogP contribution in [0.25, 0.3) is 0 Å². The van der Waals surface area contributed by atoms with E-state index < -0.39 is 37.8 Å². The van der Waals surface area contributed by atoms with Gasteiger partial charge in [0.25, 0.3) is 15.9 Å². The van der Waals surface area contributed by atoms with Crippen molar-refractivity contribution in [2.24, 2.45) is 11.7 Å². The van der Waals surface area contributed by atoms with Crippen molar-refractivity contribution < 1.29 is 26.4 Å². The number of carbonyl (C=O) groups excluding carboxylic acids is 2. The van der Waals surface area contributed by atoms with Gasteiger partial charge in [0.15, 0.2) is 0 Å². The van der Waals surface area contributed by atoms with Gasteiger partial charge in [-0.25, -0.2) is 21.1 Å². The molecule has 1 unspecified atom stereocenters. The molecule has 1 fully saturated rings. The lowest BCUT2D eigenvalue weighted by Crippen LogP contribution is -2.30. The first-order valence-corrected chi connectivity index (χ1v) is 11.6. The van der Waals surface area contributed by atoms with Gasteiger partial charge in [0.05, 0.1) is 33.5 Å². The van der Waals surface area contributed by atoms with Crippen LogP contribution in [0.4, 0.5) is 11.4 Å². The van der Waals surface area contributed by atoms with E-state index in [1.54, 1.807) is 12.1 Å². The molecule has 0 spiro atoms. The lowest BCUT2D eigenvalue weighted by Gasteiger charge is -2.18. The highest BCUT2D eigenvalue weighted by Gasteiger charge is 2.42. The molecule has 154 valence electrons. The van der Waals surface area contributed by atoms with Crippen LogP contribution in [-0.2, 0) is 24.8 Å². The van der Waals surface area contributed by atoms with E-state index in [0.717, 1.165) is 0 Å². The van der Waals surface area contributed by atoms with Crippen molar-refractivity contribution in [2.75, 3.05) is 14.8 Å². The Morgan fingerprint density at radius 3 is 2.41 bits per heavy atom. The number of hydrogen-bond donors (Lipinski definition) is 2. The molecule has 0 aromatic heterocycles. The van der Waals surface area contributed by atoms with E-state index in [-0.39, 0.29) is 33.2 Å². The van der Waals surface area contributed by atoms with Crippen molar-refractivity contribution in [1.29, 1.82) is 0 Å². The lowest BCUT2D eigenvalue weighted by molar-refractivity contribution is -0.119. The van der Waals surface area contributed by atoms with Crippen LogP contribution in [-0.4, -0.2) is 34.4 Å². The third-order valence-electron chi connectivity index (χ3n) is 4.48. The number of nitrogens with one attached hydrogen (secondary N) is 1. The Labute approximate surface area is 168 Å². The monoisotopic (exact) mass is 437 g/mol. The zero-order valence-electron chi connectivity index (χ0n) is 15.6. The van der Waals surface area contributed by atoms with E-state index in [1.807, 2.05) is 0 Å². The van der Waals surface area contributed by atoms with Gasteiger partial charge in [-0.05, 0) is 42.8 Å². The predicted octanol–water partition coefficient (Wildman–Crippen LogP) is 1.21. The number of aryl methyl sites for hydroxylation is 1. The standard InChI is InChI=1S/C18H19N3O6S2/c1-11-9-13(21-18(23)12(2)10-28(21,24)25)7-8-16(11)29(26,27)20-15-6-4-3-5-14(15)17(19)22/h3-9,12,20H,10H2,1-2H3,(H2,19,22). The molecular weight excluding hydrogens is 418 g/mol. The number of amides is 2. The number of nitrogens with two attached hydrogens (primary N) is 1. The Hall–Kier alpha value is -2.92. The maximum absolute atomic E-state index is 12.8. The molecule has 0 saturated carbocycles. The number of carbonyl (C=O) groups is 2. The minimum Gasteiger partial charge on any atom is -0.366 e. The average Bonchev–Trinajstić information content (AvgIpc) is 2.81. The first kappa shape index (κ1) is 20.8. The van der Waals surface area contributed by atoms with Crippen molar-refractivity contribution in [3.8, 4) is 0 Å². The summed E-state index contributed by atoms with van der Waals surface area (Å²) in [4.78, 5) is 23.6. The Balaban J connectivity index is 1.99. The molecule has 9 nitrogen and oxygen atoms in total. The van der Waals surface area contributed by atoms with Gasteiger partial charge in [0.1, 0.15) is 0 Å². The SMILES string of the molecule is Cc1cc(N2C(=O)C(C)CS2(=O)=O)ccc1S(=O)(=O)Nc1ccccc1C(N)=O. The highest BCUT2D eigenvalue weighted by Crippen LogP contribution is 2.31. The van der Waals surface area contributed by atoms with Crippen LogP contribution >= 0.6 is 0 Å². The molecule has 0 bridgehead atoms. The van der Waals surface area contributed by atoms with E-state index >= 15 is 0 Å². The fraction of sp³-hybridized carbons (Fsp3) is 0.222. The zero-order chi connectivity index (χ0) is 21.6. The smallest absolute Gasteiger partial charge is 0.262 e. The lowest BCUT2D eigenvalue weighted by atomic mass is 10.2. The molecular formula is C18H19N3O6S2. The van der Waals surface area contributed by atoms with Gasteiger partial charge in [-0.2, -0.15) is 0 Å². The molecule has 2 aromatic rings. The maximum Gasteiger partial charge on any atom is 0.262 e. The number of nitrogens with zero attached hydrogens (tertiary/aromatic N) is 1. The molecule has 1 atom stereocenters. The Morgan fingerprint density at radius 1 is 1.21 bits per heavy atom. The van der Waals surface area contributed by atoms with Crippen LogP contribution in [0.3, 0.4) is 0 Å². The second-order valence-electron chi connectivity index (χ2n) is 6.75. The van der Waals surface area contributed by atoms with E-state index in [9.17, 15) is 26.4 Å². The maximum atomic E-state index is 12.8. The quantitative estimate of drug-likeness (QED) is 0.719. The molecule has 3 rings (SSSR count). The first-order chi connectivity index (χ1) is 13.4. The second-order valence-corrected chi connectivity index (χ2v) is 10.3. The van der Waals surface area contributed by atoms with Crippen molar-refractivity contribution in [3.63, 3.8) is 0 Å². The zero-order valence-corrected chi connectivity index (χ0v) is 17.2. The number of rotatable bonds is 5. The van der Waals surface area contributed by atoms with Crippen LogP contribution in [0.1, 0.15) is 22.8 Å². The van der Waals surface area contributed by atoms with Crippen LogP contribution in [0.2, 0.25) is 0 Å². The van der Waals surface area contributed by atoms with E-state index in [0.29, 0.717) is 4.31 Å². The predicted molar refractivity (Wildman–Crippen MR) is 107 cm³/mol. The average molecular weight is 437 g/mol. The highest BCUT2D eigenvalue weighted by atomic mass is 32.2. The van der Waals surface area contributed by atoms with Crippen molar-refractivity contribution >= 4 is 43.2 Å². The minimum atomic E-state index is -4.10. The highest BCUT2D eigenvalue weighted by molar-refractivity contribution is 7.94. The van der Waals surface area contributed by atoms with Crippen molar-refractivity contribution in [2.45, 2.75) is 18.7 Å². The fourth-order valence-electron chi connectivity index (χ4n) is 3.13. The summed E-state index contributed by atoms with van der Waals surface area (Å²) in [5.74, 6) is -2.32. The van der Waals surface area contributed by atoms with Crippen molar-refractivity contribution in [3.05, 3.63) is 53.6 Å². The molecule has 1 aliphatic rings. The molecule has 3 N–H and O–H groups in total. The van der Waals surface area contributed by atoms with Crippen molar-refractivity contribution in [1.82, 2.24) is 0 Å². The molecule has 1 aliphatic heterocycles. The number of hydrogen-bond acceptors (Lipinski definition) is 6. The Bertz CT molecular complexity index is 1220. The topological polar surface area (TPSA) is 144 Å². The van der Waals surface area contributed by atoms with Crippen LogP contribution in [0.5, 0.6) is 0 Å². The van der Waals surface area contributed by atoms with Gasteiger partial charge < -0.3 is 5.73 Å². The number of sulfonamides is 2. The summed E-state index contributed by atoms with van der Waals surface area (Å²) in [5, 5.41) is 0. The van der Waals surface area contributed by atoms with Gasteiger partial charge in [0.2, 0.25) is 15.9 Å². The molecule has 0 radical (unpaired) electrons. The minimum absolute atomic E-state index is 0.00749. The number of primary amides is 1. The molecule has 1 heterocycles. The summed E-state index contributed by atoms with van der Waals surface area (Å²) < 4.78 is 53.1. The summed E-state index contributed by atoms with van der Waals surface area (Å²) in [6.45, 7) is 3.00. The fourth-order valence-corrected chi connectivity index (χ4v) is 6.25. The van der Waals surface area contributed by atoms with Gasteiger partial charge in [-0.15, -0.1) is 0 Å². The summed E-state index contributed by atoms with van der Waals surface area (Å²) >= 11 is 0. The molecule has 29 heavy (non-hydrogen) atoms. The molecule has 0 aliphatic carbocycles. The van der Waals surface area contributed by atoms with Gasteiger partial charge >= 0.3 is 0 Å². The summed E-state index contributed by atoms with van der Waals surface area (Å²) in [6, 6.07) is 9.68. The van der Waals surface area contributed by atoms with E-state index in [2.05, 4.69) is 4.72 Å². The van der Waals surface area contributed by atoms with Gasteiger partial charge in [0, 0.05) is 0 Å². The second kappa shape index (κ2) is 7.16. The molecule has 11 heteroatoms. The molecule has 2 amide bonds. The number of para-hydroxylation sites is 1. The van der Waals surface area contributed by atoms with E-state index in [1.165, 1.54) is 44.2 Å². The molecule has 2 aromatic carbocycles. The van der Waals surface area contributed by atoms with Gasteiger partial charge in [-0.1, -0.05) is 19.1 Å².